The molecule has 0 spiro atoms. The fourth-order valence-corrected chi connectivity index (χ4v) is 3.99. The SMILES string of the molecule is CC(C)NC(C#N)(CSc1cccc(Br)c1)C1CC1. The molecular weight excluding hydrogens is 320 g/mol. The molecule has 19 heavy (non-hydrogen) atoms. The van der Waals surface area contributed by atoms with Crippen LogP contribution in [-0.4, -0.2) is 17.3 Å². The minimum absolute atomic E-state index is 0.336. The average Bonchev–Trinajstić information content (AvgIpc) is 3.19. The van der Waals surface area contributed by atoms with Crippen LogP contribution in [0.15, 0.2) is 33.6 Å². The van der Waals surface area contributed by atoms with E-state index >= 15 is 0 Å². The maximum absolute atomic E-state index is 9.63. The molecule has 1 aromatic carbocycles. The predicted molar refractivity (Wildman–Crippen MR) is 84.2 cm³/mol. The summed E-state index contributed by atoms with van der Waals surface area (Å²) >= 11 is 5.25. The molecule has 0 heterocycles. The van der Waals surface area contributed by atoms with Crippen molar-refractivity contribution in [1.29, 1.82) is 5.26 Å². The lowest BCUT2D eigenvalue weighted by Gasteiger charge is -2.30. The number of halogens is 1. The highest BCUT2D eigenvalue weighted by Gasteiger charge is 2.45. The van der Waals surface area contributed by atoms with Crippen LogP contribution in [0.1, 0.15) is 26.7 Å². The molecule has 1 aromatic rings. The molecule has 1 saturated carbocycles. The van der Waals surface area contributed by atoms with Gasteiger partial charge in [0, 0.05) is 21.2 Å². The van der Waals surface area contributed by atoms with Gasteiger partial charge in [-0.1, -0.05) is 22.0 Å². The van der Waals surface area contributed by atoms with Gasteiger partial charge in [-0.2, -0.15) is 5.26 Å². The highest BCUT2D eigenvalue weighted by atomic mass is 79.9. The molecular formula is C15H19BrN2S. The summed E-state index contributed by atoms with van der Waals surface area (Å²) in [5.74, 6) is 1.32. The molecule has 1 N–H and O–H groups in total. The van der Waals surface area contributed by atoms with Crippen molar-refractivity contribution in [2.45, 2.75) is 43.2 Å². The highest BCUT2D eigenvalue weighted by molar-refractivity contribution is 9.10. The molecule has 0 bridgehead atoms. The lowest BCUT2D eigenvalue weighted by Crippen LogP contribution is -2.51. The van der Waals surface area contributed by atoms with Crippen LogP contribution in [0, 0.1) is 17.2 Å². The van der Waals surface area contributed by atoms with Crippen molar-refractivity contribution >= 4 is 27.7 Å². The third kappa shape index (κ3) is 3.98. The van der Waals surface area contributed by atoms with Crippen molar-refractivity contribution in [2.24, 2.45) is 5.92 Å². The normalized spacial score (nSPS) is 18.1. The van der Waals surface area contributed by atoms with Crippen molar-refractivity contribution < 1.29 is 0 Å². The molecule has 0 saturated heterocycles. The Labute approximate surface area is 128 Å². The molecule has 1 unspecified atom stereocenters. The third-order valence-corrected chi connectivity index (χ3v) is 4.96. The minimum atomic E-state index is -0.374. The van der Waals surface area contributed by atoms with Crippen LogP contribution in [0.5, 0.6) is 0 Å². The number of nitrogens with zero attached hydrogens (tertiary/aromatic N) is 1. The van der Waals surface area contributed by atoms with Gasteiger partial charge in [0.25, 0.3) is 0 Å². The van der Waals surface area contributed by atoms with Crippen molar-refractivity contribution in [3.05, 3.63) is 28.7 Å². The minimum Gasteiger partial charge on any atom is -0.296 e. The van der Waals surface area contributed by atoms with Crippen molar-refractivity contribution in [2.75, 3.05) is 5.75 Å². The summed E-state index contributed by atoms with van der Waals surface area (Å²) in [5, 5.41) is 13.1. The molecule has 2 rings (SSSR count). The molecule has 0 aromatic heterocycles. The first-order valence-electron chi connectivity index (χ1n) is 6.63. The van der Waals surface area contributed by atoms with E-state index in [9.17, 15) is 5.26 Å². The summed E-state index contributed by atoms with van der Waals surface area (Å²) in [6, 6.07) is 11.1. The van der Waals surface area contributed by atoms with Crippen LogP contribution in [0.4, 0.5) is 0 Å². The van der Waals surface area contributed by atoms with Crippen LogP contribution >= 0.6 is 27.7 Å². The Bertz CT molecular complexity index is 479. The van der Waals surface area contributed by atoms with Crippen LogP contribution in [0.2, 0.25) is 0 Å². The first-order chi connectivity index (χ1) is 9.05. The van der Waals surface area contributed by atoms with Gasteiger partial charge in [0.1, 0.15) is 5.54 Å². The largest absolute Gasteiger partial charge is 0.296 e. The zero-order valence-electron chi connectivity index (χ0n) is 11.3. The molecule has 0 radical (unpaired) electrons. The summed E-state index contributed by atoms with van der Waals surface area (Å²) < 4.78 is 1.09. The number of thioether (sulfide) groups is 1. The van der Waals surface area contributed by atoms with Crippen LogP contribution < -0.4 is 5.32 Å². The Hall–Kier alpha value is -0.500. The van der Waals surface area contributed by atoms with Crippen LogP contribution in [0.3, 0.4) is 0 Å². The van der Waals surface area contributed by atoms with Gasteiger partial charge in [-0.3, -0.25) is 5.32 Å². The lowest BCUT2D eigenvalue weighted by molar-refractivity contribution is 0.370. The molecule has 102 valence electrons. The number of hydrogen-bond donors (Lipinski definition) is 1. The van der Waals surface area contributed by atoms with Gasteiger partial charge in [0.05, 0.1) is 6.07 Å². The quantitative estimate of drug-likeness (QED) is 0.789. The first-order valence-corrected chi connectivity index (χ1v) is 8.41. The maximum atomic E-state index is 9.63. The lowest BCUT2D eigenvalue weighted by atomic mass is 9.96. The van der Waals surface area contributed by atoms with E-state index in [-0.39, 0.29) is 5.54 Å². The molecule has 2 nitrogen and oxygen atoms in total. The van der Waals surface area contributed by atoms with Crippen molar-refractivity contribution in [3.8, 4) is 6.07 Å². The number of rotatable bonds is 6. The number of benzene rings is 1. The van der Waals surface area contributed by atoms with Gasteiger partial charge in [-0.15, -0.1) is 11.8 Å². The summed E-state index contributed by atoms with van der Waals surface area (Å²) in [6.45, 7) is 4.22. The Balaban J connectivity index is 2.06. The fraction of sp³-hybridized carbons (Fsp3) is 0.533. The Morgan fingerprint density at radius 1 is 1.53 bits per heavy atom. The smallest absolute Gasteiger partial charge is 0.119 e. The van der Waals surface area contributed by atoms with Crippen LogP contribution in [0.25, 0.3) is 0 Å². The van der Waals surface area contributed by atoms with Crippen molar-refractivity contribution in [1.82, 2.24) is 5.32 Å². The zero-order valence-corrected chi connectivity index (χ0v) is 13.7. The second kappa shape index (κ2) is 6.30. The number of nitrogens with one attached hydrogen (secondary N) is 1. The molecule has 1 atom stereocenters. The Morgan fingerprint density at radius 3 is 2.79 bits per heavy atom. The van der Waals surface area contributed by atoms with Gasteiger partial charge in [0.15, 0.2) is 0 Å². The summed E-state index contributed by atoms with van der Waals surface area (Å²) in [6.07, 6.45) is 2.35. The van der Waals surface area contributed by atoms with E-state index in [1.54, 1.807) is 11.8 Å². The van der Waals surface area contributed by atoms with Crippen molar-refractivity contribution in [3.63, 3.8) is 0 Å². The molecule has 0 aliphatic heterocycles. The second-order valence-corrected chi connectivity index (χ2v) is 7.37. The molecule has 1 aliphatic carbocycles. The Kier molecular flexibility index (Phi) is 4.94. The molecule has 1 aliphatic rings. The molecule has 0 amide bonds. The van der Waals surface area contributed by atoms with E-state index in [0.717, 1.165) is 10.2 Å². The fourth-order valence-electron chi connectivity index (χ4n) is 2.28. The third-order valence-electron chi connectivity index (χ3n) is 3.28. The second-order valence-electron chi connectivity index (χ2n) is 5.40. The van der Waals surface area contributed by atoms with Gasteiger partial charge in [-0.05, 0) is 50.8 Å². The molecule has 1 fully saturated rings. The summed E-state index contributed by atoms with van der Waals surface area (Å²) in [5.41, 5.74) is -0.374. The maximum Gasteiger partial charge on any atom is 0.119 e. The van der Waals surface area contributed by atoms with E-state index in [0.29, 0.717) is 12.0 Å². The zero-order chi connectivity index (χ0) is 13.9. The number of nitriles is 1. The Morgan fingerprint density at radius 2 is 2.26 bits per heavy atom. The predicted octanol–water partition coefficient (Wildman–Crippen LogP) is 4.21. The van der Waals surface area contributed by atoms with Crippen LogP contribution in [-0.2, 0) is 0 Å². The van der Waals surface area contributed by atoms with Gasteiger partial charge in [0.2, 0.25) is 0 Å². The van der Waals surface area contributed by atoms with E-state index in [2.05, 4.69) is 53.3 Å². The van der Waals surface area contributed by atoms with E-state index in [4.69, 9.17) is 0 Å². The molecule has 4 heteroatoms. The average molecular weight is 339 g/mol. The standard InChI is InChI=1S/C15H19BrN2S/c1-11(2)18-15(9-17,12-6-7-12)10-19-14-5-3-4-13(16)8-14/h3-5,8,11-12,18H,6-7,10H2,1-2H3. The summed E-state index contributed by atoms with van der Waals surface area (Å²) in [7, 11) is 0. The number of hydrogen-bond acceptors (Lipinski definition) is 3. The van der Waals surface area contributed by atoms with E-state index in [1.165, 1.54) is 17.7 Å². The van der Waals surface area contributed by atoms with Gasteiger partial charge in [-0.25, -0.2) is 0 Å². The topological polar surface area (TPSA) is 35.8 Å². The monoisotopic (exact) mass is 338 g/mol. The van der Waals surface area contributed by atoms with E-state index < -0.39 is 0 Å². The first kappa shape index (κ1) is 14.9. The van der Waals surface area contributed by atoms with Gasteiger partial charge < -0.3 is 0 Å². The highest BCUT2D eigenvalue weighted by Crippen LogP contribution is 2.42. The van der Waals surface area contributed by atoms with Gasteiger partial charge >= 0.3 is 0 Å². The van der Waals surface area contributed by atoms with E-state index in [1.807, 2.05) is 12.1 Å². The summed E-state index contributed by atoms with van der Waals surface area (Å²) in [4.78, 5) is 1.21.